The zero-order valence-electron chi connectivity index (χ0n) is 38.3. The zero-order valence-corrected chi connectivity index (χ0v) is 38.3. The van der Waals surface area contributed by atoms with Gasteiger partial charge in [0, 0.05) is 33.4 Å². The van der Waals surface area contributed by atoms with Gasteiger partial charge in [0.2, 0.25) is 0 Å². The number of hydrogen-bond acceptors (Lipinski definition) is 4. The first-order valence-corrected chi connectivity index (χ1v) is 24.4. The molecule has 0 aromatic heterocycles. The molecule has 2 N–H and O–H groups in total. The maximum absolute atomic E-state index is 12.5. The van der Waals surface area contributed by atoms with Crippen molar-refractivity contribution in [1.82, 2.24) is 0 Å². The summed E-state index contributed by atoms with van der Waals surface area (Å²) < 4.78 is 13.7. The Morgan fingerprint density at radius 1 is 0.446 bits per heavy atom. The van der Waals surface area contributed by atoms with E-state index < -0.39 is 0 Å². The first kappa shape index (κ1) is 42.7. The van der Waals surface area contributed by atoms with Gasteiger partial charge in [0.15, 0.2) is 11.5 Å². The maximum atomic E-state index is 12.5. The number of phenolic OH excluding ortho intramolecular Hbond substituents is 2. The highest BCUT2D eigenvalue weighted by atomic mass is 16.5. The molecule has 0 radical (unpaired) electrons. The van der Waals surface area contributed by atoms with Crippen LogP contribution in [-0.4, -0.2) is 10.2 Å². The van der Waals surface area contributed by atoms with Gasteiger partial charge < -0.3 is 19.7 Å². The standard InChI is InChI=1S/C61H62O4/c1-39-34-50(60(62)52(36-39)58-41(3)20-6-4-5-7-21-42-22-8-11-25-45(42)58)48-28-14-16-30-54(48)64-56-32-18-19-33-57(56)65-55-31-17-15-29-49(55)51-35-40(2)37-53(61(51)63)59-46-26-12-9-23-43(46)38-44-24-10-13-27-47(44)59/h14-19,21,28-38,62-63H,3-13,20,22-27H2,1-2H3/b42-21-,58-45+. The van der Waals surface area contributed by atoms with Gasteiger partial charge in [-0.2, -0.15) is 0 Å². The minimum absolute atomic E-state index is 0.254. The van der Waals surface area contributed by atoms with Crippen molar-refractivity contribution in [2.45, 2.75) is 123 Å². The smallest absolute Gasteiger partial charge is 0.169 e. The molecule has 0 saturated heterocycles. The van der Waals surface area contributed by atoms with Crippen molar-refractivity contribution < 1.29 is 19.7 Å². The average molecular weight is 859 g/mol. The van der Waals surface area contributed by atoms with Crippen molar-refractivity contribution in [3.8, 4) is 67.9 Å². The zero-order chi connectivity index (χ0) is 44.4. The first-order chi connectivity index (χ1) is 31.8. The summed E-state index contributed by atoms with van der Waals surface area (Å²) in [5.41, 5.74) is 19.2. The number of para-hydroxylation sites is 4. The molecule has 330 valence electrons. The topological polar surface area (TPSA) is 58.9 Å². The quantitative estimate of drug-likeness (QED) is 0.160. The molecular formula is C61H62O4. The number of fused-ring (bicyclic) bond motifs is 3. The molecule has 6 aromatic rings. The van der Waals surface area contributed by atoms with E-state index in [1.807, 2.05) is 72.8 Å². The predicted octanol–water partition coefficient (Wildman–Crippen LogP) is 16.8. The lowest BCUT2D eigenvalue weighted by molar-refractivity contribution is 0.419. The van der Waals surface area contributed by atoms with Crippen LogP contribution in [0.15, 0.2) is 133 Å². The Bertz CT molecular complexity index is 2840. The third-order valence-corrected chi connectivity index (χ3v) is 14.4. The molecule has 0 aliphatic heterocycles. The van der Waals surface area contributed by atoms with E-state index >= 15 is 0 Å². The maximum Gasteiger partial charge on any atom is 0.169 e. The van der Waals surface area contributed by atoms with Crippen LogP contribution in [0, 0.1) is 13.8 Å². The van der Waals surface area contributed by atoms with Gasteiger partial charge in [-0.15, -0.1) is 0 Å². The molecule has 0 unspecified atom stereocenters. The Morgan fingerprint density at radius 2 is 0.923 bits per heavy atom. The third-order valence-electron chi connectivity index (χ3n) is 14.4. The van der Waals surface area contributed by atoms with Gasteiger partial charge >= 0.3 is 0 Å². The molecule has 0 spiro atoms. The summed E-state index contributed by atoms with van der Waals surface area (Å²) in [5.74, 6) is 2.88. The molecule has 6 aromatic carbocycles. The van der Waals surface area contributed by atoms with Crippen LogP contribution in [0.3, 0.4) is 0 Å². The lowest BCUT2D eigenvalue weighted by Gasteiger charge is -2.28. The summed E-state index contributed by atoms with van der Waals surface area (Å²) in [7, 11) is 0. The van der Waals surface area contributed by atoms with Crippen molar-refractivity contribution in [2.75, 3.05) is 0 Å². The number of rotatable bonds is 8. The molecule has 0 heterocycles. The van der Waals surface area contributed by atoms with E-state index in [0.717, 1.165) is 120 Å². The van der Waals surface area contributed by atoms with Gasteiger partial charge in [-0.05, 0) is 226 Å². The van der Waals surface area contributed by atoms with Crippen LogP contribution in [0.5, 0.6) is 34.5 Å². The molecule has 4 heteroatoms. The van der Waals surface area contributed by atoms with Crippen LogP contribution in [0.4, 0.5) is 0 Å². The largest absolute Gasteiger partial charge is 0.507 e. The van der Waals surface area contributed by atoms with E-state index in [2.05, 4.69) is 56.8 Å². The first-order valence-electron chi connectivity index (χ1n) is 24.4. The van der Waals surface area contributed by atoms with E-state index in [4.69, 9.17) is 9.47 Å². The lowest BCUT2D eigenvalue weighted by Crippen LogP contribution is -2.13. The molecule has 0 atom stereocenters. The Kier molecular flexibility index (Phi) is 12.3. The highest BCUT2D eigenvalue weighted by molar-refractivity contribution is 5.92. The summed E-state index contributed by atoms with van der Waals surface area (Å²) in [6.45, 7) is 8.90. The van der Waals surface area contributed by atoms with Crippen molar-refractivity contribution in [3.05, 3.63) is 171 Å². The number of allylic oxidation sites excluding steroid dienone is 5. The van der Waals surface area contributed by atoms with Crippen molar-refractivity contribution in [3.63, 3.8) is 0 Å². The average Bonchev–Trinajstić information content (AvgIpc) is 3.32. The number of ether oxygens (including phenoxy) is 2. The second kappa shape index (κ2) is 18.7. The van der Waals surface area contributed by atoms with Crippen LogP contribution in [-0.2, 0) is 25.7 Å². The summed E-state index contributed by atoms with van der Waals surface area (Å²) in [6, 6.07) is 34.7. The molecule has 4 aliphatic carbocycles. The SMILES string of the molecule is C=C1CCCCC/C=C2/CCCC/C2=C/1c1cc(C)cc(-c2ccccc2Oc2ccccc2Oc2ccccc2-c2cc(C)cc(-c3c4c(cc5c3CCCC5)CCCC4)c2O)c1O. The molecule has 4 aliphatic rings. The van der Waals surface area contributed by atoms with Crippen LogP contribution < -0.4 is 9.47 Å². The lowest BCUT2D eigenvalue weighted by atomic mass is 9.76. The molecule has 4 nitrogen and oxygen atoms in total. The minimum atomic E-state index is 0.254. The van der Waals surface area contributed by atoms with Gasteiger partial charge in [-0.1, -0.05) is 73.7 Å². The molecule has 0 amide bonds. The fourth-order valence-electron chi connectivity index (χ4n) is 11.3. The van der Waals surface area contributed by atoms with Crippen molar-refractivity contribution in [2.24, 2.45) is 0 Å². The second-order valence-corrected chi connectivity index (χ2v) is 19.0. The van der Waals surface area contributed by atoms with Crippen LogP contribution in [0.25, 0.3) is 39.0 Å². The van der Waals surface area contributed by atoms with Gasteiger partial charge in [-0.25, -0.2) is 0 Å². The van der Waals surface area contributed by atoms with Crippen LogP contribution in [0.2, 0.25) is 0 Å². The van der Waals surface area contributed by atoms with Crippen LogP contribution in [0.1, 0.15) is 122 Å². The highest BCUT2D eigenvalue weighted by Crippen LogP contribution is 2.51. The Labute approximate surface area is 386 Å². The molecule has 0 bridgehead atoms. The number of benzene rings is 6. The predicted molar refractivity (Wildman–Crippen MR) is 268 cm³/mol. The van der Waals surface area contributed by atoms with E-state index in [0.29, 0.717) is 28.7 Å². The van der Waals surface area contributed by atoms with E-state index in [1.54, 1.807) is 0 Å². The number of aryl methyl sites for hydroxylation is 4. The van der Waals surface area contributed by atoms with Gasteiger partial charge in [-0.3, -0.25) is 0 Å². The molecule has 65 heavy (non-hydrogen) atoms. The van der Waals surface area contributed by atoms with E-state index in [-0.39, 0.29) is 5.75 Å². The molecular weight excluding hydrogens is 797 g/mol. The van der Waals surface area contributed by atoms with Crippen LogP contribution >= 0.6 is 0 Å². The molecule has 1 fully saturated rings. The van der Waals surface area contributed by atoms with E-state index in [9.17, 15) is 10.2 Å². The Balaban J connectivity index is 1.02. The summed E-state index contributed by atoms with van der Waals surface area (Å²) in [5, 5.41) is 24.9. The number of phenols is 2. The highest BCUT2D eigenvalue weighted by Gasteiger charge is 2.28. The van der Waals surface area contributed by atoms with Crippen molar-refractivity contribution in [1.29, 1.82) is 0 Å². The van der Waals surface area contributed by atoms with E-state index in [1.165, 1.54) is 83.9 Å². The fourth-order valence-corrected chi connectivity index (χ4v) is 11.3. The fraction of sp³-hybridized carbons (Fsp3) is 0.311. The van der Waals surface area contributed by atoms with Gasteiger partial charge in [0.25, 0.3) is 0 Å². The number of aromatic hydroxyl groups is 2. The Hall–Kier alpha value is -6.26. The minimum Gasteiger partial charge on any atom is -0.507 e. The third kappa shape index (κ3) is 8.56. The van der Waals surface area contributed by atoms with Crippen molar-refractivity contribution >= 4 is 5.57 Å². The summed E-state index contributed by atoms with van der Waals surface area (Å²) in [6.07, 6.45) is 21.6. The summed E-state index contributed by atoms with van der Waals surface area (Å²) >= 11 is 0. The second-order valence-electron chi connectivity index (χ2n) is 19.0. The monoisotopic (exact) mass is 858 g/mol. The van der Waals surface area contributed by atoms with Gasteiger partial charge in [0.1, 0.15) is 23.0 Å². The summed E-state index contributed by atoms with van der Waals surface area (Å²) in [4.78, 5) is 0. The van der Waals surface area contributed by atoms with Gasteiger partial charge in [0.05, 0.1) is 0 Å². The normalized spacial score (nSPS) is 18.4. The Morgan fingerprint density at radius 3 is 1.54 bits per heavy atom. The molecule has 1 saturated carbocycles. The number of hydrogen-bond donors (Lipinski definition) is 2. The molecule has 10 rings (SSSR count).